The molecule has 0 fully saturated rings. The summed E-state index contributed by atoms with van der Waals surface area (Å²) < 4.78 is 15.8. The summed E-state index contributed by atoms with van der Waals surface area (Å²) in [4.78, 5) is 0. The first-order valence-electron chi connectivity index (χ1n) is 5.20. The number of nitrogens with one attached hydrogen (secondary N) is 1. The number of hydrogen-bond acceptors (Lipinski definition) is 4. The zero-order chi connectivity index (χ0) is 10.8. The maximum atomic E-state index is 5.39. The molecule has 0 heterocycles. The van der Waals surface area contributed by atoms with Crippen LogP contribution in [-0.4, -0.2) is 45.8 Å². The van der Waals surface area contributed by atoms with Gasteiger partial charge >= 0.3 is 0 Å². The molecule has 0 saturated carbocycles. The molecule has 0 radical (unpaired) electrons. The van der Waals surface area contributed by atoms with E-state index in [1.165, 1.54) is 0 Å². The van der Waals surface area contributed by atoms with Gasteiger partial charge in [0.05, 0.1) is 6.61 Å². The van der Waals surface area contributed by atoms with E-state index < -0.39 is 0 Å². The molecule has 4 heteroatoms. The topological polar surface area (TPSA) is 39.7 Å². The first-order valence-corrected chi connectivity index (χ1v) is 5.20. The highest BCUT2D eigenvalue weighted by molar-refractivity contribution is 4.60. The maximum Gasteiger partial charge on any atom is 0.169 e. The van der Waals surface area contributed by atoms with Crippen LogP contribution in [0.3, 0.4) is 0 Å². The third-order valence-corrected chi connectivity index (χ3v) is 1.75. The molecule has 1 N–H and O–H groups in total. The molecular weight excluding hydrogens is 182 g/mol. The van der Waals surface area contributed by atoms with Crippen LogP contribution in [-0.2, 0) is 14.2 Å². The lowest BCUT2D eigenvalue weighted by molar-refractivity contribution is -0.134. The van der Waals surface area contributed by atoms with Gasteiger partial charge in [-0.3, -0.25) is 0 Å². The summed E-state index contributed by atoms with van der Waals surface area (Å²) in [5.74, 6) is 0. The van der Waals surface area contributed by atoms with Gasteiger partial charge in [0.25, 0.3) is 0 Å². The average Bonchev–Trinajstić information content (AvgIpc) is 2.15. The van der Waals surface area contributed by atoms with Gasteiger partial charge < -0.3 is 19.5 Å². The van der Waals surface area contributed by atoms with E-state index in [0.717, 1.165) is 0 Å². The van der Waals surface area contributed by atoms with Crippen molar-refractivity contribution in [1.82, 2.24) is 5.32 Å². The lowest BCUT2D eigenvalue weighted by Gasteiger charge is -2.20. The lowest BCUT2D eigenvalue weighted by Crippen LogP contribution is -2.38. The fourth-order valence-electron chi connectivity index (χ4n) is 1.14. The molecular formula is C10H23NO3. The Morgan fingerprint density at radius 2 is 1.71 bits per heavy atom. The molecule has 0 aromatic heterocycles. The van der Waals surface area contributed by atoms with Gasteiger partial charge in [-0.2, -0.15) is 0 Å². The van der Waals surface area contributed by atoms with Crippen LogP contribution in [0, 0.1) is 0 Å². The second kappa shape index (κ2) is 9.40. The van der Waals surface area contributed by atoms with E-state index in [2.05, 4.69) is 12.2 Å². The van der Waals surface area contributed by atoms with Crippen LogP contribution in [0.15, 0.2) is 0 Å². The zero-order valence-corrected chi connectivity index (χ0v) is 9.71. The van der Waals surface area contributed by atoms with Crippen molar-refractivity contribution < 1.29 is 14.2 Å². The number of rotatable bonds is 9. The van der Waals surface area contributed by atoms with E-state index in [1.807, 2.05) is 13.8 Å². The second-order valence-electron chi connectivity index (χ2n) is 3.10. The minimum absolute atomic E-state index is 0.149. The molecule has 0 aromatic carbocycles. The van der Waals surface area contributed by atoms with Crippen LogP contribution >= 0.6 is 0 Å². The molecule has 0 aliphatic rings. The third-order valence-electron chi connectivity index (χ3n) is 1.75. The number of methoxy groups -OCH3 is 1. The molecule has 0 aliphatic heterocycles. The molecule has 86 valence electrons. The zero-order valence-electron chi connectivity index (χ0n) is 9.71. The van der Waals surface area contributed by atoms with Gasteiger partial charge in [-0.15, -0.1) is 0 Å². The van der Waals surface area contributed by atoms with Crippen molar-refractivity contribution in [2.24, 2.45) is 0 Å². The molecule has 0 rings (SSSR count). The molecule has 0 aliphatic carbocycles. The van der Waals surface area contributed by atoms with Crippen LogP contribution in [0.25, 0.3) is 0 Å². The Morgan fingerprint density at radius 3 is 2.14 bits per heavy atom. The van der Waals surface area contributed by atoms with Crippen LogP contribution in [0.1, 0.15) is 20.8 Å². The first kappa shape index (κ1) is 13.8. The van der Waals surface area contributed by atoms with Gasteiger partial charge in [-0.1, -0.05) is 0 Å². The Morgan fingerprint density at radius 1 is 1.14 bits per heavy atom. The quantitative estimate of drug-likeness (QED) is 0.570. The Bertz CT molecular complexity index is 116. The number of ether oxygens (including phenoxy) is 3. The average molecular weight is 205 g/mol. The number of hydrogen-bond donors (Lipinski definition) is 1. The largest absolute Gasteiger partial charge is 0.383 e. The van der Waals surface area contributed by atoms with Crippen molar-refractivity contribution in [3.05, 3.63) is 0 Å². The summed E-state index contributed by atoms with van der Waals surface area (Å²) in [6, 6.07) is 0.323. The predicted octanol–water partition coefficient (Wildman–Crippen LogP) is 1.01. The minimum atomic E-state index is -0.149. The molecule has 0 aromatic rings. The highest BCUT2D eigenvalue weighted by Gasteiger charge is 2.09. The van der Waals surface area contributed by atoms with E-state index in [-0.39, 0.29) is 6.29 Å². The highest BCUT2D eigenvalue weighted by atomic mass is 16.7. The molecule has 0 bridgehead atoms. The van der Waals surface area contributed by atoms with Crippen LogP contribution < -0.4 is 5.32 Å². The molecule has 0 spiro atoms. The Kier molecular flexibility index (Phi) is 9.29. The molecule has 0 amide bonds. The van der Waals surface area contributed by atoms with Gasteiger partial charge in [-0.05, 0) is 20.8 Å². The van der Waals surface area contributed by atoms with Gasteiger partial charge in [0.2, 0.25) is 0 Å². The summed E-state index contributed by atoms with van der Waals surface area (Å²) in [5.41, 5.74) is 0. The molecule has 1 unspecified atom stereocenters. The highest BCUT2D eigenvalue weighted by Crippen LogP contribution is 1.94. The van der Waals surface area contributed by atoms with Crippen LogP contribution in [0.2, 0.25) is 0 Å². The van der Waals surface area contributed by atoms with E-state index in [1.54, 1.807) is 7.11 Å². The fourth-order valence-corrected chi connectivity index (χ4v) is 1.14. The standard InChI is InChI=1S/C10H23NO3/c1-5-13-10(14-6-2)7-11-9(3)8-12-4/h9-11H,5-8H2,1-4H3. The monoisotopic (exact) mass is 205 g/mol. The van der Waals surface area contributed by atoms with Crippen LogP contribution in [0.5, 0.6) is 0 Å². The van der Waals surface area contributed by atoms with Gasteiger partial charge in [0.1, 0.15) is 0 Å². The predicted molar refractivity (Wildman–Crippen MR) is 56.4 cm³/mol. The summed E-state index contributed by atoms with van der Waals surface area (Å²) >= 11 is 0. The van der Waals surface area contributed by atoms with Crippen molar-refractivity contribution in [2.75, 3.05) is 33.5 Å². The third kappa shape index (κ3) is 7.26. The van der Waals surface area contributed by atoms with E-state index in [4.69, 9.17) is 14.2 Å². The van der Waals surface area contributed by atoms with Crippen molar-refractivity contribution in [2.45, 2.75) is 33.1 Å². The Balaban J connectivity index is 3.57. The lowest BCUT2D eigenvalue weighted by atomic mass is 10.3. The molecule has 0 saturated heterocycles. The van der Waals surface area contributed by atoms with Crippen molar-refractivity contribution in [3.8, 4) is 0 Å². The smallest absolute Gasteiger partial charge is 0.169 e. The van der Waals surface area contributed by atoms with Crippen molar-refractivity contribution in [3.63, 3.8) is 0 Å². The Hall–Kier alpha value is -0.160. The molecule has 4 nitrogen and oxygen atoms in total. The van der Waals surface area contributed by atoms with E-state index >= 15 is 0 Å². The maximum absolute atomic E-state index is 5.39. The SMILES string of the molecule is CCOC(CNC(C)COC)OCC. The van der Waals surface area contributed by atoms with Crippen LogP contribution in [0.4, 0.5) is 0 Å². The Labute approximate surface area is 86.9 Å². The summed E-state index contributed by atoms with van der Waals surface area (Å²) in [7, 11) is 1.70. The second-order valence-corrected chi connectivity index (χ2v) is 3.10. The van der Waals surface area contributed by atoms with Gasteiger partial charge in [0, 0.05) is 32.9 Å². The van der Waals surface area contributed by atoms with E-state index in [0.29, 0.717) is 32.4 Å². The summed E-state index contributed by atoms with van der Waals surface area (Å²) in [6.45, 7) is 8.74. The normalized spacial score (nSPS) is 13.5. The summed E-state index contributed by atoms with van der Waals surface area (Å²) in [5, 5.41) is 3.28. The van der Waals surface area contributed by atoms with Crippen molar-refractivity contribution >= 4 is 0 Å². The van der Waals surface area contributed by atoms with Gasteiger partial charge in [0.15, 0.2) is 6.29 Å². The van der Waals surface area contributed by atoms with E-state index in [9.17, 15) is 0 Å². The molecule has 1 atom stereocenters. The first-order chi connectivity index (χ1) is 6.74. The minimum Gasteiger partial charge on any atom is -0.383 e. The summed E-state index contributed by atoms with van der Waals surface area (Å²) in [6.07, 6.45) is -0.149. The van der Waals surface area contributed by atoms with Gasteiger partial charge in [-0.25, -0.2) is 0 Å². The van der Waals surface area contributed by atoms with Crippen molar-refractivity contribution in [1.29, 1.82) is 0 Å². The molecule has 14 heavy (non-hydrogen) atoms. The fraction of sp³-hybridized carbons (Fsp3) is 1.00.